The fraction of sp³-hybridized carbons (Fsp3) is 0.625. The molecule has 8 heteroatoms. The van der Waals surface area contributed by atoms with Gasteiger partial charge in [-0.15, -0.1) is 0 Å². The second-order valence-corrected chi connectivity index (χ2v) is 7.21. The number of aromatic nitrogens is 2. The quantitative estimate of drug-likeness (QED) is 0.405. The first kappa shape index (κ1) is 18.3. The minimum atomic E-state index is -0.272. The highest BCUT2D eigenvalue weighted by atomic mass is 16.3. The van der Waals surface area contributed by atoms with Crippen LogP contribution in [0.2, 0.25) is 0 Å². The van der Waals surface area contributed by atoms with Gasteiger partial charge in [0.2, 0.25) is 5.95 Å². The predicted molar refractivity (Wildman–Crippen MR) is 97.3 cm³/mol. The largest absolute Gasteiger partial charge is 0.403 e. The molecule has 24 heavy (non-hydrogen) atoms. The lowest BCUT2D eigenvalue weighted by molar-refractivity contribution is 0.124. The van der Waals surface area contributed by atoms with Crippen LogP contribution in [-0.2, 0) is 0 Å². The number of hydrogen-bond acceptors (Lipinski definition) is 8. The van der Waals surface area contributed by atoms with Gasteiger partial charge in [-0.1, -0.05) is 0 Å². The summed E-state index contributed by atoms with van der Waals surface area (Å²) in [5.74, 6) is 7.14. The second-order valence-electron chi connectivity index (χ2n) is 7.21. The van der Waals surface area contributed by atoms with Crippen molar-refractivity contribution < 1.29 is 5.11 Å². The molecule has 0 amide bonds. The van der Waals surface area contributed by atoms with Gasteiger partial charge in [-0.2, -0.15) is 4.98 Å². The van der Waals surface area contributed by atoms with E-state index >= 15 is 0 Å². The van der Waals surface area contributed by atoms with Gasteiger partial charge in [-0.3, -0.25) is 5.01 Å². The van der Waals surface area contributed by atoms with Crippen molar-refractivity contribution in [1.82, 2.24) is 9.97 Å². The van der Waals surface area contributed by atoms with Gasteiger partial charge in [0.25, 0.3) is 0 Å². The Bertz CT molecular complexity index is 570. The summed E-state index contributed by atoms with van der Waals surface area (Å²) in [6, 6.07) is 0.153. The van der Waals surface area contributed by atoms with Gasteiger partial charge < -0.3 is 21.5 Å². The highest BCUT2D eigenvalue weighted by molar-refractivity contribution is 5.67. The minimum Gasteiger partial charge on any atom is -0.403 e. The van der Waals surface area contributed by atoms with Crippen LogP contribution >= 0.6 is 0 Å². The van der Waals surface area contributed by atoms with Crippen LogP contribution in [0, 0.1) is 0 Å². The number of nitrogens with zero attached hydrogens (tertiary/aromatic N) is 3. The summed E-state index contributed by atoms with van der Waals surface area (Å²) in [5, 5.41) is 17.9. The Morgan fingerprint density at radius 2 is 2.12 bits per heavy atom. The molecule has 1 aromatic heterocycles. The molecule has 1 fully saturated rings. The zero-order valence-electron chi connectivity index (χ0n) is 14.7. The van der Waals surface area contributed by atoms with Crippen LogP contribution in [0.25, 0.3) is 0 Å². The summed E-state index contributed by atoms with van der Waals surface area (Å²) in [7, 11) is 0. The molecular weight excluding hydrogens is 306 g/mol. The van der Waals surface area contributed by atoms with Gasteiger partial charge in [0.1, 0.15) is 5.69 Å². The van der Waals surface area contributed by atoms with Crippen LogP contribution in [0.3, 0.4) is 0 Å². The first-order chi connectivity index (χ1) is 11.3. The molecule has 134 valence electrons. The predicted octanol–water partition coefficient (Wildman–Crippen LogP) is 1.51. The summed E-state index contributed by atoms with van der Waals surface area (Å²) in [4.78, 5) is 8.90. The van der Waals surface area contributed by atoms with E-state index in [0.717, 1.165) is 19.3 Å². The minimum absolute atomic E-state index is 0.153. The molecule has 8 nitrogen and oxygen atoms in total. The van der Waals surface area contributed by atoms with Gasteiger partial charge in [0.15, 0.2) is 5.82 Å². The molecular formula is C16H29N7O. The highest BCUT2D eigenvalue weighted by Gasteiger charge is 2.23. The third-order valence-electron chi connectivity index (χ3n) is 3.77. The average Bonchev–Trinajstić information content (AvgIpc) is 2.46. The second kappa shape index (κ2) is 7.67. The number of nitrogens with one attached hydrogen (secondary N) is 2. The van der Waals surface area contributed by atoms with Crippen molar-refractivity contribution in [2.24, 2.45) is 11.6 Å². The van der Waals surface area contributed by atoms with E-state index in [1.165, 1.54) is 17.4 Å². The molecule has 1 aliphatic rings. The molecule has 7 N–H and O–H groups in total. The van der Waals surface area contributed by atoms with E-state index in [4.69, 9.17) is 11.6 Å². The van der Waals surface area contributed by atoms with Crippen molar-refractivity contribution in [3.63, 3.8) is 0 Å². The maximum atomic E-state index is 9.88. The maximum Gasteiger partial charge on any atom is 0.225 e. The van der Waals surface area contributed by atoms with Crippen LogP contribution in [0.15, 0.2) is 18.6 Å². The highest BCUT2D eigenvalue weighted by Crippen LogP contribution is 2.28. The molecule has 0 spiro atoms. The molecule has 1 heterocycles. The molecule has 0 aliphatic heterocycles. The van der Waals surface area contributed by atoms with Crippen LogP contribution in [0.1, 0.15) is 46.5 Å². The van der Waals surface area contributed by atoms with Crippen LogP contribution < -0.4 is 27.2 Å². The van der Waals surface area contributed by atoms with Gasteiger partial charge in [-0.05, 0) is 46.5 Å². The van der Waals surface area contributed by atoms with E-state index in [0.29, 0.717) is 23.9 Å². The average molecular weight is 335 g/mol. The third kappa shape index (κ3) is 5.24. The van der Waals surface area contributed by atoms with Crippen molar-refractivity contribution in [1.29, 1.82) is 0 Å². The zero-order chi connectivity index (χ0) is 17.7. The van der Waals surface area contributed by atoms with Crippen molar-refractivity contribution >= 4 is 17.5 Å². The standard InChI is InChI=1S/C16H29N7O/c1-16(2,3)22-15-19-10-13(23(18)8-7-17)14(21-15)20-11-5-4-6-12(24)9-11/h7-8,10-12,24H,4-6,9,17-18H2,1-3H3,(H2,19,20,21,22)/b8-7-. The van der Waals surface area contributed by atoms with Crippen LogP contribution in [-0.4, -0.2) is 32.8 Å². The summed E-state index contributed by atoms with van der Waals surface area (Å²) in [6.45, 7) is 6.13. The molecule has 1 aliphatic carbocycles. The van der Waals surface area contributed by atoms with Gasteiger partial charge in [0.05, 0.1) is 12.3 Å². The summed E-state index contributed by atoms with van der Waals surface area (Å²) in [5.41, 5.74) is 5.89. The maximum absolute atomic E-state index is 9.88. The lowest BCUT2D eigenvalue weighted by atomic mass is 9.93. The third-order valence-corrected chi connectivity index (χ3v) is 3.77. The molecule has 0 bridgehead atoms. The van der Waals surface area contributed by atoms with Crippen LogP contribution in [0.5, 0.6) is 0 Å². The van der Waals surface area contributed by atoms with Crippen molar-refractivity contribution in [3.05, 3.63) is 18.6 Å². The Balaban J connectivity index is 2.26. The zero-order valence-corrected chi connectivity index (χ0v) is 14.7. The normalized spacial score (nSPS) is 21.7. The molecule has 1 saturated carbocycles. The number of hydrazine groups is 1. The summed E-state index contributed by atoms with van der Waals surface area (Å²) < 4.78 is 0. The van der Waals surface area contributed by atoms with E-state index in [-0.39, 0.29) is 17.7 Å². The lowest BCUT2D eigenvalue weighted by Gasteiger charge is -2.29. The number of aliphatic hydroxyl groups excluding tert-OH is 1. The molecule has 2 atom stereocenters. The number of rotatable bonds is 5. The Morgan fingerprint density at radius 3 is 2.75 bits per heavy atom. The Morgan fingerprint density at radius 1 is 1.38 bits per heavy atom. The number of nitrogens with two attached hydrogens (primary N) is 2. The SMILES string of the molecule is CC(C)(C)Nc1ncc(N(N)/C=C\N)c(NC2CCCC(O)C2)n1. The smallest absolute Gasteiger partial charge is 0.225 e. The van der Waals surface area contributed by atoms with Crippen molar-refractivity contribution in [2.75, 3.05) is 15.6 Å². The summed E-state index contributed by atoms with van der Waals surface area (Å²) >= 11 is 0. The molecule has 2 unspecified atom stereocenters. The molecule has 0 aromatic carbocycles. The van der Waals surface area contributed by atoms with Gasteiger partial charge >= 0.3 is 0 Å². The van der Waals surface area contributed by atoms with Crippen LogP contribution in [0.4, 0.5) is 17.5 Å². The van der Waals surface area contributed by atoms with E-state index in [1.54, 1.807) is 6.20 Å². The molecule has 2 rings (SSSR count). The first-order valence-corrected chi connectivity index (χ1v) is 8.30. The van der Waals surface area contributed by atoms with Gasteiger partial charge in [0, 0.05) is 24.0 Å². The van der Waals surface area contributed by atoms with Crippen molar-refractivity contribution in [2.45, 2.75) is 64.1 Å². The Kier molecular flexibility index (Phi) is 5.84. The molecule has 0 radical (unpaired) electrons. The van der Waals surface area contributed by atoms with Crippen molar-refractivity contribution in [3.8, 4) is 0 Å². The first-order valence-electron chi connectivity index (χ1n) is 8.30. The number of hydrogen-bond donors (Lipinski definition) is 5. The number of aliphatic hydroxyl groups is 1. The van der Waals surface area contributed by atoms with E-state index < -0.39 is 0 Å². The van der Waals surface area contributed by atoms with Gasteiger partial charge in [-0.25, -0.2) is 10.8 Å². The monoisotopic (exact) mass is 335 g/mol. The fourth-order valence-electron chi connectivity index (χ4n) is 2.73. The summed E-state index contributed by atoms with van der Waals surface area (Å²) in [6.07, 6.45) is 7.80. The van der Waals surface area contributed by atoms with E-state index in [1.807, 2.05) is 20.8 Å². The topological polar surface area (TPSA) is 125 Å². The fourth-order valence-corrected chi connectivity index (χ4v) is 2.73. The van der Waals surface area contributed by atoms with E-state index in [9.17, 15) is 5.11 Å². The molecule has 1 aromatic rings. The van der Waals surface area contributed by atoms with E-state index in [2.05, 4.69) is 20.6 Å². The molecule has 0 saturated heterocycles. The Hall–Kier alpha value is -2.06. The lowest BCUT2D eigenvalue weighted by Crippen LogP contribution is -2.33. The number of anilines is 3. The Labute approximate surface area is 143 Å².